The fourth-order valence-electron chi connectivity index (χ4n) is 3.16. The van der Waals surface area contributed by atoms with Crippen LogP contribution in [-0.4, -0.2) is 0 Å². The molecule has 0 heterocycles. The van der Waals surface area contributed by atoms with Crippen molar-refractivity contribution in [2.45, 2.75) is 0 Å². The zero-order valence-corrected chi connectivity index (χ0v) is 15.3. The molecule has 1 heteroatoms. The number of halogens is 1. The van der Waals surface area contributed by atoms with Gasteiger partial charge in [-0.3, -0.25) is 0 Å². The molecule has 25 heavy (non-hydrogen) atoms. The Labute approximate surface area is 156 Å². The van der Waals surface area contributed by atoms with E-state index >= 15 is 0 Å². The molecule has 0 nitrogen and oxygen atoms in total. The minimum atomic E-state index is 1.11. The third-order valence-electron chi connectivity index (χ3n) is 4.36. The van der Waals surface area contributed by atoms with E-state index in [0.717, 1.165) is 4.47 Å². The molecule has 4 rings (SSSR count). The molecule has 0 saturated carbocycles. The highest BCUT2D eigenvalue weighted by Gasteiger charge is 2.11. The van der Waals surface area contributed by atoms with E-state index in [1.165, 1.54) is 33.4 Å². The maximum absolute atomic E-state index is 3.74. The van der Waals surface area contributed by atoms with Crippen LogP contribution in [-0.2, 0) is 0 Å². The summed E-state index contributed by atoms with van der Waals surface area (Å²) in [4.78, 5) is 0. The van der Waals surface area contributed by atoms with Crippen LogP contribution in [0.2, 0.25) is 0 Å². The second-order valence-corrected chi connectivity index (χ2v) is 6.83. The van der Waals surface area contributed by atoms with Crippen LogP contribution in [0, 0.1) is 0 Å². The van der Waals surface area contributed by atoms with Crippen LogP contribution in [0.25, 0.3) is 33.4 Å². The number of hydrogen-bond acceptors (Lipinski definition) is 0. The van der Waals surface area contributed by atoms with Gasteiger partial charge in [0.15, 0.2) is 0 Å². The van der Waals surface area contributed by atoms with Crippen molar-refractivity contribution < 1.29 is 0 Å². The molecule has 0 unspecified atom stereocenters. The Morgan fingerprint density at radius 2 is 1.00 bits per heavy atom. The third-order valence-corrected chi connectivity index (χ3v) is 5.02. The van der Waals surface area contributed by atoms with Gasteiger partial charge >= 0.3 is 0 Å². The molecule has 0 aliphatic rings. The molecule has 0 radical (unpaired) electrons. The molecule has 0 N–H and O–H groups in total. The highest BCUT2D eigenvalue weighted by atomic mass is 79.9. The lowest BCUT2D eigenvalue weighted by atomic mass is 9.93. The molecule has 4 aromatic carbocycles. The molecular formula is C24H17Br. The van der Waals surface area contributed by atoms with Crippen molar-refractivity contribution in [1.29, 1.82) is 0 Å². The lowest BCUT2D eigenvalue weighted by Gasteiger charge is -2.13. The highest BCUT2D eigenvalue weighted by molar-refractivity contribution is 9.10. The third kappa shape index (κ3) is 3.29. The van der Waals surface area contributed by atoms with Gasteiger partial charge in [-0.2, -0.15) is 0 Å². The van der Waals surface area contributed by atoms with Crippen molar-refractivity contribution in [3.8, 4) is 33.4 Å². The molecule has 0 aliphatic heterocycles. The lowest BCUT2D eigenvalue weighted by Crippen LogP contribution is -1.87. The Balaban J connectivity index is 1.88. The van der Waals surface area contributed by atoms with Crippen LogP contribution in [0.15, 0.2) is 108 Å². The molecule has 0 bridgehead atoms. The molecule has 4 aromatic rings. The van der Waals surface area contributed by atoms with Crippen molar-refractivity contribution in [3.05, 3.63) is 108 Å². The van der Waals surface area contributed by atoms with E-state index in [1.807, 2.05) is 0 Å². The van der Waals surface area contributed by atoms with Crippen molar-refractivity contribution >= 4 is 15.9 Å². The molecule has 0 spiro atoms. The zero-order valence-electron chi connectivity index (χ0n) is 13.7. The second kappa shape index (κ2) is 7.08. The van der Waals surface area contributed by atoms with Crippen molar-refractivity contribution in [2.24, 2.45) is 0 Å². The summed E-state index contributed by atoms with van der Waals surface area (Å²) in [5, 5.41) is 0. The maximum Gasteiger partial charge on any atom is 0.0259 e. The fraction of sp³-hybridized carbons (Fsp3) is 0. The molecule has 0 fully saturated rings. The predicted molar refractivity (Wildman–Crippen MR) is 110 cm³/mol. The molecular weight excluding hydrogens is 368 g/mol. The summed E-state index contributed by atoms with van der Waals surface area (Å²) in [6, 6.07) is 36.2. The maximum atomic E-state index is 3.74. The molecule has 0 aromatic heterocycles. The van der Waals surface area contributed by atoms with Gasteiger partial charge in [0, 0.05) is 10.0 Å². The van der Waals surface area contributed by atoms with E-state index in [0.29, 0.717) is 0 Å². The molecule has 120 valence electrons. The van der Waals surface area contributed by atoms with Gasteiger partial charge < -0.3 is 0 Å². The molecule has 0 saturated heterocycles. The molecule has 0 amide bonds. The van der Waals surface area contributed by atoms with Gasteiger partial charge in [0.25, 0.3) is 0 Å². The van der Waals surface area contributed by atoms with Crippen LogP contribution < -0.4 is 0 Å². The van der Waals surface area contributed by atoms with E-state index in [1.54, 1.807) is 0 Å². The average molecular weight is 385 g/mol. The van der Waals surface area contributed by atoms with Gasteiger partial charge in [-0.05, 0) is 39.9 Å². The first-order valence-corrected chi connectivity index (χ1v) is 9.12. The minimum Gasteiger partial charge on any atom is -0.0622 e. The van der Waals surface area contributed by atoms with Gasteiger partial charge in [-0.15, -0.1) is 0 Å². The molecule has 0 aliphatic carbocycles. The van der Waals surface area contributed by atoms with Crippen LogP contribution in [0.1, 0.15) is 0 Å². The summed E-state index contributed by atoms with van der Waals surface area (Å²) in [7, 11) is 0. The number of rotatable bonds is 3. The number of benzene rings is 4. The van der Waals surface area contributed by atoms with E-state index in [2.05, 4.69) is 119 Å². The average Bonchev–Trinajstić information content (AvgIpc) is 2.69. The van der Waals surface area contributed by atoms with Crippen molar-refractivity contribution in [3.63, 3.8) is 0 Å². The first kappa shape index (κ1) is 15.9. The second-order valence-electron chi connectivity index (χ2n) is 5.98. The van der Waals surface area contributed by atoms with Crippen LogP contribution in [0.4, 0.5) is 0 Å². The van der Waals surface area contributed by atoms with Gasteiger partial charge in [0.05, 0.1) is 0 Å². The van der Waals surface area contributed by atoms with Crippen molar-refractivity contribution in [1.82, 2.24) is 0 Å². The van der Waals surface area contributed by atoms with E-state index in [9.17, 15) is 0 Å². The summed E-state index contributed by atoms with van der Waals surface area (Å²) in [5.41, 5.74) is 7.38. The van der Waals surface area contributed by atoms with E-state index in [-0.39, 0.29) is 0 Å². The smallest absolute Gasteiger partial charge is 0.0259 e. The zero-order chi connectivity index (χ0) is 17.1. The minimum absolute atomic E-state index is 1.11. The quantitative estimate of drug-likeness (QED) is 0.344. The topological polar surface area (TPSA) is 0 Å². The Morgan fingerprint density at radius 3 is 1.72 bits per heavy atom. The van der Waals surface area contributed by atoms with E-state index < -0.39 is 0 Å². The highest BCUT2D eigenvalue weighted by Crippen LogP contribution is 2.38. The summed E-state index contributed by atoms with van der Waals surface area (Å²) in [6.07, 6.45) is 0. The van der Waals surface area contributed by atoms with Crippen LogP contribution in [0.5, 0.6) is 0 Å². The largest absolute Gasteiger partial charge is 0.0622 e. The van der Waals surface area contributed by atoms with Crippen molar-refractivity contribution in [2.75, 3.05) is 0 Å². The summed E-state index contributed by atoms with van der Waals surface area (Å²) in [6.45, 7) is 0. The lowest BCUT2D eigenvalue weighted by molar-refractivity contribution is 1.55. The number of hydrogen-bond donors (Lipinski definition) is 0. The summed E-state index contributed by atoms with van der Waals surface area (Å²) < 4.78 is 1.11. The monoisotopic (exact) mass is 384 g/mol. The van der Waals surface area contributed by atoms with Gasteiger partial charge in [-0.1, -0.05) is 107 Å². The van der Waals surface area contributed by atoms with Crippen LogP contribution >= 0.6 is 15.9 Å². The Morgan fingerprint density at radius 1 is 0.440 bits per heavy atom. The summed E-state index contributed by atoms with van der Waals surface area (Å²) in [5.74, 6) is 0. The SMILES string of the molecule is Brc1cccc(-c2cccc(-c3ccccc3)c2)c1-c1ccccc1. The predicted octanol–water partition coefficient (Wildman–Crippen LogP) is 7.45. The standard InChI is InChI=1S/C24H17Br/c25-23-16-8-15-22(24(23)19-11-5-2-6-12-19)21-14-7-13-20(17-21)18-9-3-1-4-10-18/h1-17H. The molecule has 0 atom stereocenters. The van der Waals surface area contributed by atoms with Crippen LogP contribution in [0.3, 0.4) is 0 Å². The van der Waals surface area contributed by atoms with Gasteiger partial charge in [0.2, 0.25) is 0 Å². The first-order valence-electron chi connectivity index (χ1n) is 8.33. The first-order chi connectivity index (χ1) is 12.3. The Bertz CT molecular complexity index is 989. The Kier molecular flexibility index (Phi) is 4.49. The summed E-state index contributed by atoms with van der Waals surface area (Å²) >= 11 is 3.74. The Hall–Kier alpha value is -2.64. The van der Waals surface area contributed by atoms with Gasteiger partial charge in [-0.25, -0.2) is 0 Å². The normalized spacial score (nSPS) is 10.6. The fourth-order valence-corrected chi connectivity index (χ4v) is 3.75. The van der Waals surface area contributed by atoms with Gasteiger partial charge in [0.1, 0.15) is 0 Å². The van der Waals surface area contributed by atoms with E-state index in [4.69, 9.17) is 0 Å².